The zero-order valence-corrected chi connectivity index (χ0v) is 18.4. The predicted molar refractivity (Wildman–Crippen MR) is 112 cm³/mol. The summed E-state index contributed by atoms with van der Waals surface area (Å²) in [5.41, 5.74) is 0.922. The number of aromatic nitrogens is 4. The van der Waals surface area contributed by atoms with Gasteiger partial charge >= 0.3 is 5.69 Å². The average Bonchev–Trinajstić information content (AvgIpc) is 3.15. The number of hydrogen-bond acceptors (Lipinski definition) is 5. The Kier molecular flexibility index (Phi) is 6.52. The fourth-order valence-electron chi connectivity index (χ4n) is 2.98. The van der Waals surface area contributed by atoms with Crippen LogP contribution in [-0.4, -0.2) is 30.4 Å². The van der Waals surface area contributed by atoms with Gasteiger partial charge in [0.25, 0.3) is 0 Å². The van der Waals surface area contributed by atoms with E-state index in [1.54, 1.807) is 26.1 Å². The van der Waals surface area contributed by atoms with Gasteiger partial charge in [-0.2, -0.15) is 10.2 Å². The van der Waals surface area contributed by atoms with Crippen molar-refractivity contribution in [1.29, 1.82) is 0 Å². The van der Waals surface area contributed by atoms with Gasteiger partial charge in [0, 0.05) is 23.2 Å². The maximum Gasteiger partial charge on any atom is 0.312 e. The van der Waals surface area contributed by atoms with Crippen molar-refractivity contribution < 1.29 is 14.1 Å². The van der Waals surface area contributed by atoms with Crippen molar-refractivity contribution in [2.75, 3.05) is 5.32 Å². The summed E-state index contributed by atoms with van der Waals surface area (Å²) in [6.07, 6.45) is 1.64. The zero-order chi connectivity index (χ0) is 22.0. The second-order valence-electron chi connectivity index (χ2n) is 6.52. The van der Waals surface area contributed by atoms with Gasteiger partial charge in [-0.15, -0.1) is 0 Å². The molecule has 2 aromatic heterocycles. The van der Waals surface area contributed by atoms with E-state index in [2.05, 4.69) is 31.4 Å². The SMILES string of the molecule is Cc1nn(CCC(=O)Nc2nn(Cc3c(F)cccc3Cl)cc2Br)c(C)c1[N+](=O)[O-]. The van der Waals surface area contributed by atoms with Gasteiger partial charge in [0.1, 0.15) is 17.2 Å². The van der Waals surface area contributed by atoms with Gasteiger partial charge in [-0.3, -0.25) is 24.3 Å². The number of carbonyl (C=O) groups is 1. The monoisotopic (exact) mass is 498 g/mol. The summed E-state index contributed by atoms with van der Waals surface area (Å²) in [4.78, 5) is 22.9. The zero-order valence-electron chi connectivity index (χ0n) is 16.0. The molecule has 0 fully saturated rings. The van der Waals surface area contributed by atoms with E-state index in [-0.39, 0.29) is 47.5 Å². The Balaban J connectivity index is 1.65. The molecule has 1 aromatic carbocycles. The Morgan fingerprint density at radius 3 is 2.73 bits per heavy atom. The van der Waals surface area contributed by atoms with E-state index in [9.17, 15) is 19.3 Å². The lowest BCUT2D eigenvalue weighted by atomic mass is 10.2. The molecule has 3 rings (SSSR count). The highest BCUT2D eigenvalue weighted by molar-refractivity contribution is 9.10. The van der Waals surface area contributed by atoms with Crippen LogP contribution in [0, 0.1) is 29.8 Å². The molecule has 30 heavy (non-hydrogen) atoms. The number of aryl methyl sites for hydroxylation is 2. The molecule has 0 aliphatic rings. The first kappa shape index (κ1) is 21.9. The standard InChI is InChI=1S/C18H17BrClFN6O3/c1-10-17(27(29)30)11(2)26(23-10)7-6-16(28)22-18-13(19)9-25(24-18)8-12-14(20)4-3-5-15(12)21/h3-5,9H,6-8H2,1-2H3,(H,22,24,28). The molecule has 0 saturated carbocycles. The van der Waals surface area contributed by atoms with E-state index in [0.717, 1.165) is 0 Å². The third-order valence-electron chi connectivity index (χ3n) is 4.43. The summed E-state index contributed by atoms with van der Waals surface area (Å²) >= 11 is 9.36. The number of benzene rings is 1. The van der Waals surface area contributed by atoms with Crippen molar-refractivity contribution in [3.8, 4) is 0 Å². The highest BCUT2D eigenvalue weighted by Crippen LogP contribution is 2.25. The van der Waals surface area contributed by atoms with E-state index in [1.807, 2.05) is 0 Å². The maximum absolute atomic E-state index is 14.0. The number of nitro groups is 1. The van der Waals surface area contributed by atoms with Crippen molar-refractivity contribution in [3.05, 3.63) is 66.8 Å². The minimum absolute atomic E-state index is 0.0392. The molecule has 12 heteroatoms. The van der Waals surface area contributed by atoms with Gasteiger partial charge in [0.15, 0.2) is 5.82 Å². The number of rotatable bonds is 7. The number of halogens is 3. The molecule has 0 unspecified atom stereocenters. The number of hydrogen-bond donors (Lipinski definition) is 1. The summed E-state index contributed by atoms with van der Waals surface area (Å²) in [5.74, 6) is -0.523. The van der Waals surface area contributed by atoms with Crippen LogP contribution in [0.25, 0.3) is 0 Å². The van der Waals surface area contributed by atoms with Gasteiger partial charge in [-0.05, 0) is 41.9 Å². The summed E-state index contributed by atoms with van der Waals surface area (Å²) in [6.45, 7) is 3.40. The fraction of sp³-hybridized carbons (Fsp3) is 0.278. The highest BCUT2D eigenvalue weighted by Gasteiger charge is 2.22. The van der Waals surface area contributed by atoms with Gasteiger partial charge < -0.3 is 5.32 Å². The third kappa shape index (κ3) is 4.68. The van der Waals surface area contributed by atoms with Crippen molar-refractivity contribution >= 4 is 44.9 Å². The summed E-state index contributed by atoms with van der Waals surface area (Å²) < 4.78 is 17.4. The Hall–Kier alpha value is -2.79. The van der Waals surface area contributed by atoms with Crippen molar-refractivity contribution in [2.45, 2.75) is 33.4 Å². The third-order valence-corrected chi connectivity index (χ3v) is 5.37. The second kappa shape index (κ2) is 8.92. The molecule has 3 aromatic rings. The van der Waals surface area contributed by atoms with Crippen LogP contribution < -0.4 is 5.32 Å². The predicted octanol–water partition coefficient (Wildman–Crippen LogP) is 4.24. The normalized spacial score (nSPS) is 11.0. The van der Waals surface area contributed by atoms with Crippen LogP contribution in [0.15, 0.2) is 28.9 Å². The molecule has 2 heterocycles. The highest BCUT2D eigenvalue weighted by atomic mass is 79.9. The fourth-order valence-corrected chi connectivity index (χ4v) is 3.62. The van der Waals surface area contributed by atoms with Crippen molar-refractivity contribution in [3.63, 3.8) is 0 Å². The number of anilines is 1. The van der Waals surface area contributed by atoms with Crippen molar-refractivity contribution in [1.82, 2.24) is 19.6 Å². The average molecular weight is 500 g/mol. The summed E-state index contributed by atoms with van der Waals surface area (Å²) in [7, 11) is 0. The van der Waals surface area contributed by atoms with Crippen LogP contribution >= 0.6 is 27.5 Å². The van der Waals surface area contributed by atoms with Gasteiger partial charge in [0.05, 0.1) is 22.5 Å². The number of amides is 1. The smallest absolute Gasteiger partial charge is 0.308 e. The molecule has 0 saturated heterocycles. The lowest BCUT2D eigenvalue weighted by Gasteiger charge is -2.06. The molecular weight excluding hydrogens is 483 g/mol. The largest absolute Gasteiger partial charge is 0.312 e. The molecule has 158 valence electrons. The first-order valence-corrected chi connectivity index (χ1v) is 9.98. The molecule has 1 N–H and O–H groups in total. The van der Waals surface area contributed by atoms with E-state index < -0.39 is 10.7 Å². The van der Waals surface area contributed by atoms with Crippen LogP contribution in [0.3, 0.4) is 0 Å². The Labute approximate surface area is 184 Å². The lowest BCUT2D eigenvalue weighted by molar-refractivity contribution is -0.386. The van der Waals surface area contributed by atoms with Gasteiger partial charge in [-0.1, -0.05) is 17.7 Å². The summed E-state index contributed by atoms with van der Waals surface area (Å²) in [5, 5.41) is 22.4. The minimum Gasteiger partial charge on any atom is -0.308 e. The minimum atomic E-state index is -0.486. The van der Waals surface area contributed by atoms with Gasteiger partial charge in [-0.25, -0.2) is 4.39 Å². The molecule has 0 spiro atoms. The van der Waals surface area contributed by atoms with E-state index >= 15 is 0 Å². The molecule has 0 radical (unpaired) electrons. The molecule has 1 amide bonds. The van der Waals surface area contributed by atoms with E-state index in [1.165, 1.54) is 21.5 Å². The van der Waals surface area contributed by atoms with Crippen molar-refractivity contribution in [2.24, 2.45) is 0 Å². The first-order valence-electron chi connectivity index (χ1n) is 8.81. The van der Waals surface area contributed by atoms with Crippen LogP contribution in [-0.2, 0) is 17.9 Å². The topological polar surface area (TPSA) is 108 Å². The second-order valence-corrected chi connectivity index (χ2v) is 7.78. The van der Waals surface area contributed by atoms with E-state index in [4.69, 9.17) is 11.6 Å². The lowest BCUT2D eigenvalue weighted by Crippen LogP contribution is -2.16. The molecular formula is C18H17BrClFN6O3. The molecule has 0 atom stereocenters. The van der Waals surface area contributed by atoms with Crippen LogP contribution in [0.5, 0.6) is 0 Å². The number of carbonyl (C=O) groups excluding carboxylic acids is 1. The Morgan fingerprint density at radius 1 is 1.37 bits per heavy atom. The van der Waals surface area contributed by atoms with Crippen LogP contribution in [0.1, 0.15) is 23.4 Å². The molecule has 9 nitrogen and oxygen atoms in total. The molecule has 0 aliphatic heterocycles. The quantitative estimate of drug-likeness (QED) is 0.386. The first-order chi connectivity index (χ1) is 14.2. The molecule has 0 aliphatic carbocycles. The van der Waals surface area contributed by atoms with E-state index in [0.29, 0.717) is 15.9 Å². The summed E-state index contributed by atoms with van der Waals surface area (Å²) in [6, 6.07) is 4.42. The number of nitrogens with one attached hydrogen (secondary N) is 1. The van der Waals surface area contributed by atoms with Gasteiger partial charge in [0.2, 0.25) is 5.91 Å². The Bertz CT molecular complexity index is 1110. The van der Waals surface area contributed by atoms with Crippen LogP contribution in [0.4, 0.5) is 15.9 Å². The Morgan fingerprint density at radius 2 is 2.10 bits per heavy atom. The van der Waals surface area contributed by atoms with Crippen LogP contribution in [0.2, 0.25) is 5.02 Å². The maximum atomic E-state index is 14.0. The molecule has 0 bridgehead atoms. The number of nitrogens with zero attached hydrogens (tertiary/aromatic N) is 5.